The highest BCUT2D eigenvalue weighted by molar-refractivity contribution is 7.99. The molecule has 0 saturated carbocycles. The number of anilines is 2. The minimum Gasteiger partial charge on any atom is -0.378 e. The molecule has 0 unspecified atom stereocenters. The summed E-state index contributed by atoms with van der Waals surface area (Å²) in [5.74, 6) is 5.70. The molecule has 0 spiro atoms. The number of benzene rings is 1. The predicted molar refractivity (Wildman–Crippen MR) is 89.0 cm³/mol. The van der Waals surface area contributed by atoms with Crippen LogP contribution in [-0.4, -0.2) is 52.8 Å². The van der Waals surface area contributed by atoms with Gasteiger partial charge in [0.2, 0.25) is 11.1 Å². The lowest BCUT2D eigenvalue weighted by molar-refractivity contribution is -0.113. The largest absolute Gasteiger partial charge is 0.378 e. The summed E-state index contributed by atoms with van der Waals surface area (Å²) in [6.07, 6.45) is 1.39. The third-order valence-electron chi connectivity index (χ3n) is 3.40. The second-order valence-corrected chi connectivity index (χ2v) is 5.95. The van der Waals surface area contributed by atoms with Gasteiger partial charge in [0.15, 0.2) is 0 Å². The zero-order valence-electron chi connectivity index (χ0n) is 12.5. The van der Waals surface area contributed by atoms with Crippen molar-refractivity contribution < 1.29 is 9.53 Å². The van der Waals surface area contributed by atoms with Crippen LogP contribution in [0.2, 0.25) is 0 Å². The van der Waals surface area contributed by atoms with E-state index in [2.05, 4.69) is 20.4 Å². The molecule has 2 heterocycles. The van der Waals surface area contributed by atoms with Crippen LogP contribution in [0.3, 0.4) is 0 Å². The van der Waals surface area contributed by atoms with Gasteiger partial charge in [-0.05, 0) is 24.3 Å². The van der Waals surface area contributed by atoms with E-state index in [1.54, 1.807) is 0 Å². The number of nitrogens with zero attached hydrogens (tertiary/aromatic N) is 4. The van der Waals surface area contributed by atoms with Crippen LogP contribution in [0.5, 0.6) is 0 Å². The number of aromatic nitrogens is 3. The molecule has 1 aliphatic heterocycles. The number of amides is 1. The number of ether oxygens (including phenoxy) is 1. The molecule has 0 bridgehead atoms. The molecule has 3 rings (SSSR count). The van der Waals surface area contributed by atoms with Gasteiger partial charge in [-0.25, -0.2) is 4.68 Å². The number of thioether (sulfide) groups is 1. The van der Waals surface area contributed by atoms with Crippen LogP contribution in [0.15, 0.2) is 35.7 Å². The van der Waals surface area contributed by atoms with Crippen molar-refractivity contribution in [3.63, 3.8) is 0 Å². The Hall–Kier alpha value is -2.26. The van der Waals surface area contributed by atoms with Gasteiger partial charge in [-0.2, -0.15) is 0 Å². The quantitative estimate of drug-likeness (QED) is 0.609. The summed E-state index contributed by atoms with van der Waals surface area (Å²) in [6.45, 7) is 3.28. The number of morpholine rings is 1. The first-order chi connectivity index (χ1) is 11.2. The van der Waals surface area contributed by atoms with Gasteiger partial charge >= 0.3 is 0 Å². The van der Waals surface area contributed by atoms with E-state index >= 15 is 0 Å². The highest BCUT2D eigenvalue weighted by Gasteiger charge is 2.11. The number of hydrogen-bond acceptors (Lipinski definition) is 7. The molecule has 23 heavy (non-hydrogen) atoms. The summed E-state index contributed by atoms with van der Waals surface area (Å²) in [7, 11) is 0. The second kappa shape index (κ2) is 7.34. The van der Waals surface area contributed by atoms with E-state index in [0.29, 0.717) is 5.16 Å². The first-order valence-electron chi connectivity index (χ1n) is 7.23. The van der Waals surface area contributed by atoms with Crippen LogP contribution in [0.4, 0.5) is 11.4 Å². The van der Waals surface area contributed by atoms with Gasteiger partial charge in [-0.3, -0.25) is 4.79 Å². The number of nitrogens with two attached hydrogens (primary N) is 1. The summed E-state index contributed by atoms with van der Waals surface area (Å²) in [5.41, 5.74) is 1.90. The molecule has 1 aliphatic rings. The number of carbonyl (C=O) groups excluding carboxylic acids is 1. The van der Waals surface area contributed by atoms with E-state index in [0.717, 1.165) is 37.7 Å². The molecule has 1 amide bonds. The van der Waals surface area contributed by atoms with Crippen molar-refractivity contribution >= 4 is 29.0 Å². The number of nitrogens with one attached hydrogen (secondary N) is 1. The van der Waals surface area contributed by atoms with E-state index in [9.17, 15) is 4.79 Å². The van der Waals surface area contributed by atoms with Crippen molar-refractivity contribution in [1.29, 1.82) is 0 Å². The lowest BCUT2D eigenvalue weighted by Gasteiger charge is -2.28. The topological polar surface area (TPSA) is 98.3 Å². The van der Waals surface area contributed by atoms with Gasteiger partial charge in [-0.15, -0.1) is 10.2 Å². The van der Waals surface area contributed by atoms with E-state index < -0.39 is 0 Å². The Morgan fingerprint density at radius 1 is 1.30 bits per heavy atom. The fourth-order valence-corrected chi connectivity index (χ4v) is 2.87. The van der Waals surface area contributed by atoms with Crippen LogP contribution in [0.1, 0.15) is 0 Å². The van der Waals surface area contributed by atoms with Crippen molar-refractivity contribution in [2.75, 3.05) is 48.1 Å². The van der Waals surface area contributed by atoms with Crippen molar-refractivity contribution in [2.24, 2.45) is 0 Å². The summed E-state index contributed by atoms with van der Waals surface area (Å²) in [4.78, 5) is 14.2. The van der Waals surface area contributed by atoms with Gasteiger partial charge in [0.1, 0.15) is 6.33 Å². The number of carbonyl (C=O) groups is 1. The maximum atomic E-state index is 11.9. The van der Waals surface area contributed by atoms with E-state index in [1.165, 1.54) is 22.8 Å². The first-order valence-corrected chi connectivity index (χ1v) is 8.21. The number of rotatable bonds is 5. The molecule has 9 heteroatoms. The molecule has 122 valence electrons. The third kappa shape index (κ3) is 4.14. The summed E-state index contributed by atoms with van der Waals surface area (Å²) < 4.78 is 6.63. The molecule has 1 aromatic carbocycles. The first kappa shape index (κ1) is 15.6. The fourth-order valence-electron chi connectivity index (χ4n) is 2.24. The highest BCUT2D eigenvalue weighted by Crippen LogP contribution is 2.19. The average Bonchev–Trinajstić information content (AvgIpc) is 3.00. The maximum Gasteiger partial charge on any atom is 0.234 e. The Labute approximate surface area is 138 Å². The van der Waals surface area contributed by atoms with Crippen molar-refractivity contribution in [2.45, 2.75) is 5.16 Å². The standard InChI is InChI=1S/C14H18N6O2S/c15-20-10-16-18-14(20)23-9-13(21)17-11-1-3-12(4-2-11)19-5-7-22-8-6-19/h1-4,10H,5-9,15H2,(H,17,21). The molecular formula is C14H18N6O2S. The average molecular weight is 334 g/mol. The normalized spacial score (nSPS) is 14.7. The highest BCUT2D eigenvalue weighted by atomic mass is 32.2. The van der Waals surface area contributed by atoms with Gasteiger partial charge in [0, 0.05) is 24.5 Å². The van der Waals surface area contributed by atoms with E-state index in [-0.39, 0.29) is 11.7 Å². The van der Waals surface area contributed by atoms with Crippen LogP contribution in [-0.2, 0) is 9.53 Å². The minimum atomic E-state index is -0.114. The Balaban J connectivity index is 1.51. The molecule has 0 aliphatic carbocycles. The van der Waals surface area contributed by atoms with Crippen molar-refractivity contribution in [3.8, 4) is 0 Å². The van der Waals surface area contributed by atoms with E-state index in [4.69, 9.17) is 10.6 Å². The number of nitrogen functional groups attached to an aromatic ring is 1. The van der Waals surface area contributed by atoms with Gasteiger partial charge in [0.05, 0.1) is 19.0 Å². The lowest BCUT2D eigenvalue weighted by atomic mass is 10.2. The van der Waals surface area contributed by atoms with Gasteiger partial charge in [-0.1, -0.05) is 11.8 Å². The minimum absolute atomic E-state index is 0.114. The fraction of sp³-hybridized carbons (Fsp3) is 0.357. The lowest BCUT2D eigenvalue weighted by Crippen LogP contribution is -2.36. The van der Waals surface area contributed by atoms with Crippen molar-refractivity contribution in [3.05, 3.63) is 30.6 Å². The Bertz CT molecular complexity index is 654. The zero-order chi connectivity index (χ0) is 16.1. The second-order valence-electron chi connectivity index (χ2n) is 5.00. The van der Waals surface area contributed by atoms with Crippen molar-refractivity contribution in [1.82, 2.24) is 14.9 Å². The summed E-state index contributed by atoms with van der Waals surface area (Å²) in [6, 6.07) is 7.81. The van der Waals surface area contributed by atoms with E-state index in [1.807, 2.05) is 24.3 Å². The van der Waals surface area contributed by atoms with Gasteiger partial charge in [0.25, 0.3) is 0 Å². The Morgan fingerprint density at radius 3 is 2.70 bits per heavy atom. The van der Waals surface area contributed by atoms with Crippen LogP contribution < -0.4 is 16.1 Å². The molecule has 0 radical (unpaired) electrons. The monoisotopic (exact) mass is 334 g/mol. The maximum absolute atomic E-state index is 11.9. The Morgan fingerprint density at radius 2 is 2.04 bits per heavy atom. The molecule has 1 aromatic heterocycles. The summed E-state index contributed by atoms with van der Waals surface area (Å²) in [5, 5.41) is 10.8. The van der Waals surface area contributed by atoms with Crippen LogP contribution >= 0.6 is 11.8 Å². The molecule has 3 N–H and O–H groups in total. The smallest absolute Gasteiger partial charge is 0.234 e. The SMILES string of the molecule is Nn1cnnc1SCC(=O)Nc1ccc(N2CCOCC2)cc1. The zero-order valence-corrected chi connectivity index (χ0v) is 13.3. The molecule has 2 aromatic rings. The Kier molecular flexibility index (Phi) is 4.99. The predicted octanol–water partition coefficient (Wildman–Crippen LogP) is 0.559. The molecule has 1 saturated heterocycles. The molecule has 1 fully saturated rings. The van der Waals surface area contributed by atoms with Crippen LogP contribution in [0, 0.1) is 0 Å². The van der Waals surface area contributed by atoms with Gasteiger partial charge < -0.3 is 20.8 Å². The summed E-state index contributed by atoms with van der Waals surface area (Å²) >= 11 is 1.24. The number of hydrogen-bond donors (Lipinski definition) is 2. The molecular weight excluding hydrogens is 316 g/mol. The molecule has 8 nitrogen and oxygen atoms in total. The molecule has 0 atom stereocenters. The third-order valence-corrected chi connectivity index (χ3v) is 4.36. The van der Waals surface area contributed by atoms with Crippen LogP contribution in [0.25, 0.3) is 0 Å².